The van der Waals surface area contributed by atoms with Crippen molar-refractivity contribution in [2.75, 3.05) is 0 Å². The van der Waals surface area contributed by atoms with Crippen LogP contribution in [0.5, 0.6) is 0 Å². The van der Waals surface area contributed by atoms with Gasteiger partial charge < -0.3 is 9.73 Å². The lowest BCUT2D eigenvalue weighted by Gasteiger charge is -2.01. The lowest BCUT2D eigenvalue weighted by atomic mass is 10.4. The van der Waals surface area contributed by atoms with E-state index < -0.39 is 0 Å². The summed E-state index contributed by atoms with van der Waals surface area (Å²) in [7, 11) is 0. The number of furan rings is 1. The highest BCUT2D eigenvalue weighted by Crippen LogP contribution is 2.13. The van der Waals surface area contributed by atoms with Crippen molar-refractivity contribution in [2.24, 2.45) is 0 Å². The molecule has 0 unspecified atom stereocenters. The molecule has 0 aliphatic heterocycles. The standard InChI is InChI=1S/C12H9ClN4O2/c13-9-5-4-8(19-9)12(18)14-7-11-16-15-10-3-1-2-6-17(10)11/h1-6H,7H2,(H,14,18). The summed E-state index contributed by atoms with van der Waals surface area (Å²) in [5.41, 5.74) is 0.729. The zero-order chi connectivity index (χ0) is 13.2. The molecule has 19 heavy (non-hydrogen) atoms. The molecular weight excluding hydrogens is 268 g/mol. The second-order valence-corrected chi connectivity index (χ2v) is 4.20. The Kier molecular flexibility index (Phi) is 2.92. The molecule has 0 spiro atoms. The van der Waals surface area contributed by atoms with Crippen molar-refractivity contribution in [3.8, 4) is 0 Å². The molecule has 0 saturated heterocycles. The van der Waals surface area contributed by atoms with Crippen LogP contribution in [0, 0.1) is 0 Å². The third kappa shape index (κ3) is 2.30. The topological polar surface area (TPSA) is 72.4 Å². The van der Waals surface area contributed by atoms with Crippen LogP contribution < -0.4 is 5.32 Å². The SMILES string of the molecule is O=C(NCc1nnc2ccccn12)c1ccc(Cl)o1. The van der Waals surface area contributed by atoms with E-state index in [0.717, 1.165) is 5.65 Å². The Morgan fingerprint density at radius 1 is 1.32 bits per heavy atom. The molecule has 3 rings (SSSR count). The zero-order valence-corrected chi connectivity index (χ0v) is 10.5. The highest BCUT2D eigenvalue weighted by atomic mass is 35.5. The van der Waals surface area contributed by atoms with Crippen molar-refractivity contribution in [1.29, 1.82) is 0 Å². The molecule has 0 bridgehead atoms. The summed E-state index contributed by atoms with van der Waals surface area (Å²) in [6.45, 7) is 0.252. The van der Waals surface area contributed by atoms with E-state index in [-0.39, 0.29) is 23.4 Å². The highest BCUT2D eigenvalue weighted by molar-refractivity contribution is 6.29. The molecule has 1 amide bonds. The first-order valence-corrected chi connectivity index (χ1v) is 5.94. The minimum Gasteiger partial charge on any atom is -0.440 e. The van der Waals surface area contributed by atoms with Crippen LogP contribution in [0.3, 0.4) is 0 Å². The average Bonchev–Trinajstić information content (AvgIpc) is 3.02. The number of aromatic nitrogens is 3. The van der Waals surface area contributed by atoms with Gasteiger partial charge >= 0.3 is 0 Å². The molecule has 96 valence electrons. The summed E-state index contributed by atoms with van der Waals surface area (Å²) in [5, 5.41) is 10.9. The molecule has 0 radical (unpaired) electrons. The van der Waals surface area contributed by atoms with Crippen LogP contribution in [-0.4, -0.2) is 20.5 Å². The van der Waals surface area contributed by atoms with E-state index in [1.165, 1.54) is 12.1 Å². The summed E-state index contributed by atoms with van der Waals surface area (Å²) in [6, 6.07) is 8.61. The predicted molar refractivity (Wildman–Crippen MR) is 67.9 cm³/mol. The largest absolute Gasteiger partial charge is 0.440 e. The van der Waals surface area contributed by atoms with Crippen LogP contribution in [0.2, 0.25) is 5.22 Å². The van der Waals surface area contributed by atoms with Crippen molar-refractivity contribution in [3.63, 3.8) is 0 Å². The predicted octanol–water partition coefficient (Wildman–Crippen LogP) is 1.91. The Morgan fingerprint density at radius 2 is 2.21 bits per heavy atom. The fourth-order valence-corrected chi connectivity index (χ4v) is 1.84. The number of fused-ring (bicyclic) bond motifs is 1. The van der Waals surface area contributed by atoms with Crippen LogP contribution in [0.1, 0.15) is 16.4 Å². The summed E-state index contributed by atoms with van der Waals surface area (Å²) >= 11 is 5.61. The molecule has 0 saturated carbocycles. The Labute approximate surface area is 113 Å². The quantitative estimate of drug-likeness (QED) is 0.793. The Bertz CT molecular complexity index is 734. The summed E-state index contributed by atoms with van der Waals surface area (Å²) in [6.07, 6.45) is 1.83. The van der Waals surface area contributed by atoms with Gasteiger partial charge in [-0.3, -0.25) is 9.20 Å². The lowest BCUT2D eigenvalue weighted by molar-refractivity contribution is 0.0922. The number of hydrogen-bond acceptors (Lipinski definition) is 4. The molecule has 3 heterocycles. The Hall–Kier alpha value is -2.34. The van der Waals surface area contributed by atoms with Crippen LogP contribution >= 0.6 is 11.6 Å². The molecule has 0 aromatic carbocycles. The van der Waals surface area contributed by atoms with Gasteiger partial charge in [-0.25, -0.2) is 0 Å². The summed E-state index contributed by atoms with van der Waals surface area (Å²) in [5.74, 6) is 0.458. The first-order valence-electron chi connectivity index (χ1n) is 5.56. The van der Waals surface area contributed by atoms with Crippen molar-refractivity contribution in [3.05, 3.63) is 53.3 Å². The molecule has 0 atom stereocenters. The first kappa shape index (κ1) is 11.7. The number of pyridine rings is 1. The molecule has 6 nitrogen and oxygen atoms in total. The second-order valence-electron chi connectivity index (χ2n) is 3.83. The van der Waals surface area contributed by atoms with Gasteiger partial charge in [-0.2, -0.15) is 0 Å². The van der Waals surface area contributed by atoms with E-state index in [1.54, 1.807) is 4.40 Å². The molecule has 3 aromatic heterocycles. The highest BCUT2D eigenvalue weighted by Gasteiger charge is 2.11. The Balaban J connectivity index is 1.74. The van der Waals surface area contributed by atoms with Gasteiger partial charge in [0.15, 0.2) is 22.5 Å². The molecule has 0 fully saturated rings. The molecule has 0 aliphatic rings. The maximum atomic E-state index is 11.8. The number of carbonyl (C=O) groups is 1. The third-order valence-corrected chi connectivity index (χ3v) is 2.79. The van der Waals surface area contributed by atoms with E-state index in [1.807, 2.05) is 24.4 Å². The second kappa shape index (κ2) is 4.74. The number of amides is 1. The van der Waals surface area contributed by atoms with Gasteiger partial charge in [-0.1, -0.05) is 6.07 Å². The van der Waals surface area contributed by atoms with Crippen LogP contribution in [0.15, 0.2) is 40.9 Å². The third-order valence-electron chi connectivity index (χ3n) is 2.59. The van der Waals surface area contributed by atoms with E-state index in [4.69, 9.17) is 16.0 Å². The van der Waals surface area contributed by atoms with Gasteiger partial charge in [0.2, 0.25) is 0 Å². The van der Waals surface area contributed by atoms with Crippen molar-refractivity contribution in [2.45, 2.75) is 6.54 Å². The van der Waals surface area contributed by atoms with E-state index in [9.17, 15) is 4.79 Å². The van der Waals surface area contributed by atoms with Crippen molar-refractivity contribution in [1.82, 2.24) is 19.9 Å². The van der Waals surface area contributed by atoms with Crippen molar-refractivity contribution >= 4 is 23.2 Å². The molecule has 3 aromatic rings. The number of nitrogens with one attached hydrogen (secondary N) is 1. The number of nitrogens with zero attached hydrogens (tertiary/aromatic N) is 3. The summed E-state index contributed by atoms with van der Waals surface area (Å²) < 4.78 is 6.81. The van der Waals surface area contributed by atoms with E-state index >= 15 is 0 Å². The van der Waals surface area contributed by atoms with E-state index in [0.29, 0.717) is 5.82 Å². The van der Waals surface area contributed by atoms with Gasteiger partial charge in [-0.05, 0) is 35.9 Å². The molecule has 7 heteroatoms. The molecule has 0 aliphatic carbocycles. The van der Waals surface area contributed by atoms with Gasteiger partial charge in [0.25, 0.3) is 5.91 Å². The first-order chi connectivity index (χ1) is 9.24. The minimum atomic E-state index is -0.348. The maximum Gasteiger partial charge on any atom is 0.287 e. The number of halogens is 1. The van der Waals surface area contributed by atoms with Crippen LogP contribution in [0.25, 0.3) is 5.65 Å². The van der Waals surface area contributed by atoms with Gasteiger partial charge in [0.05, 0.1) is 6.54 Å². The molecular formula is C12H9ClN4O2. The number of carbonyl (C=O) groups excluding carboxylic acids is 1. The summed E-state index contributed by atoms with van der Waals surface area (Å²) in [4.78, 5) is 11.8. The maximum absolute atomic E-state index is 11.8. The van der Waals surface area contributed by atoms with E-state index in [2.05, 4.69) is 15.5 Å². The van der Waals surface area contributed by atoms with Crippen LogP contribution in [-0.2, 0) is 6.54 Å². The zero-order valence-electron chi connectivity index (χ0n) is 9.71. The fourth-order valence-electron chi connectivity index (χ4n) is 1.69. The number of rotatable bonds is 3. The van der Waals surface area contributed by atoms with Crippen LogP contribution in [0.4, 0.5) is 0 Å². The van der Waals surface area contributed by atoms with Crippen molar-refractivity contribution < 1.29 is 9.21 Å². The molecule has 1 N–H and O–H groups in total. The van der Waals surface area contributed by atoms with Gasteiger partial charge in [0, 0.05) is 6.20 Å². The van der Waals surface area contributed by atoms with Gasteiger partial charge in [0.1, 0.15) is 0 Å². The smallest absolute Gasteiger partial charge is 0.287 e. The fraction of sp³-hybridized carbons (Fsp3) is 0.0833. The van der Waals surface area contributed by atoms with Gasteiger partial charge in [-0.15, -0.1) is 10.2 Å². The number of hydrogen-bond donors (Lipinski definition) is 1. The minimum absolute atomic E-state index is 0.166. The Morgan fingerprint density at radius 3 is 3.00 bits per heavy atom. The average molecular weight is 277 g/mol. The monoisotopic (exact) mass is 276 g/mol. The normalized spacial score (nSPS) is 10.8. The lowest BCUT2D eigenvalue weighted by Crippen LogP contribution is -2.23.